The monoisotopic (exact) mass is 485 g/mol. The Kier molecular flexibility index (Phi) is 12.5. The molecule has 1 aromatic carbocycles. The lowest BCUT2D eigenvalue weighted by molar-refractivity contribution is -0.121. The molecule has 1 rings (SSSR count). The van der Waals surface area contributed by atoms with E-state index in [1.165, 1.54) is 14.2 Å². The Labute approximate surface area is 196 Å². The highest BCUT2D eigenvalue weighted by atomic mass is 32.2. The number of likely N-dealkylation sites (N-methyl/N-ethyl adjacent to an activating group) is 1. The standard InChI is InChI=1S/C22H35N3O7S/c1-17(2)9-7-5-6-8-10-21(26)23-16-18-11-12-19(20(15-18)31-4)32-22(27)25(3)14-13-24-33(28,29)30/h7,9,11-12,15,17,24H,5-6,8,10,13-14,16H2,1-4H3,(H,23,26)(H,28,29,30)/b9-7+. The lowest BCUT2D eigenvalue weighted by Gasteiger charge is -2.18. The van der Waals surface area contributed by atoms with Gasteiger partial charge in [-0.1, -0.05) is 32.1 Å². The molecule has 0 heterocycles. The summed E-state index contributed by atoms with van der Waals surface area (Å²) in [5.41, 5.74) is 0.783. The van der Waals surface area contributed by atoms with Gasteiger partial charge < -0.3 is 19.7 Å². The van der Waals surface area contributed by atoms with E-state index in [0.29, 0.717) is 24.6 Å². The smallest absolute Gasteiger partial charge is 0.415 e. The van der Waals surface area contributed by atoms with Crippen LogP contribution in [0.4, 0.5) is 4.79 Å². The molecule has 0 aliphatic carbocycles. The number of hydrogen-bond donors (Lipinski definition) is 3. The number of benzene rings is 1. The van der Waals surface area contributed by atoms with E-state index in [1.54, 1.807) is 18.2 Å². The van der Waals surface area contributed by atoms with E-state index < -0.39 is 16.4 Å². The van der Waals surface area contributed by atoms with Crippen molar-refractivity contribution in [2.24, 2.45) is 5.92 Å². The highest BCUT2D eigenvalue weighted by Crippen LogP contribution is 2.28. The first kappa shape index (κ1) is 28.4. The maximum Gasteiger partial charge on any atom is 0.415 e. The molecule has 33 heavy (non-hydrogen) atoms. The molecular weight excluding hydrogens is 450 g/mol. The second kappa shape index (κ2) is 14.5. The summed E-state index contributed by atoms with van der Waals surface area (Å²) in [6.07, 6.45) is 6.79. The SMILES string of the molecule is COc1cc(CNC(=O)CCCC/C=C/C(C)C)ccc1OC(=O)N(C)CCNS(=O)(=O)O. The molecule has 11 heteroatoms. The molecule has 186 valence electrons. The van der Waals surface area contributed by atoms with Crippen LogP contribution in [0.5, 0.6) is 11.5 Å². The number of nitrogens with zero attached hydrogens (tertiary/aromatic N) is 1. The summed E-state index contributed by atoms with van der Waals surface area (Å²) in [6, 6.07) is 4.94. The third-order valence-corrected chi connectivity index (χ3v) is 5.07. The van der Waals surface area contributed by atoms with Gasteiger partial charge in [0.15, 0.2) is 11.5 Å². The molecule has 0 bridgehead atoms. The van der Waals surface area contributed by atoms with Gasteiger partial charge in [0, 0.05) is 33.1 Å². The molecule has 0 saturated carbocycles. The van der Waals surface area contributed by atoms with Crippen LogP contribution in [-0.2, 0) is 21.6 Å². The molecule has 0 fully saturated rings. The first-order valence-electron chi connectivity index (χ1n) is 10.8. The lowest BCUT2D eigenvalue weighted by Crippen LogP contribution is -2.37. The lowest BCUT2D eigenvalue weighted by atomic mass is 10.1. The molecule has 10 nitrogen and oxygen atoms in total. The van der Waals surface area contributed by atoms with E-state index >= 15 is 0 Å². The summed E-state index contributed by atoms with van der Waals surface area (Å²) < 4.78 is 42.4. The molecule has 0 atom stereocenters. The first-order chi connectivity index (χ1) is 15.5. The molecule has 2 amide bonds. The van der Waals surface area contributed by atoms with Crippen molar-refractivity contribution >= 4 is 22.3 Å². The van der Waals surface area contributed by atoms with Gasteiger partial charge in [0.05, 0.1) is 7.11 Å². The molecule has 1 aromatic rings. The van der Waals surface area contributed by atoms with Gasteiger partial charge in [-0.05, 0) is 42.9 Å². The molecule has 0 aliphatic rings. The maximum atomic E-state index is 12.2. The number of ether oxygens (including phenoxy) is 2. The molecular formula is C22H35N3O7S. The van der Waals surface area contributed by atoms with Gasteiger partial charge in [0.25, 0.3) is 0 Å². The van der Waals surface area contributed by atoms with Crippen molar-refractivity contribution in [1.29, 1.82) is 0 Å². The summed E-state index contributed by atoms with van der Waals surface area (Å²) in [5, 5.41) is 2.87. The topological polar surface area (TPSA) is 134 Å². The van der Waals surface area contributed by atoms with Crippen LogP contribution in [0.1, 0.15) is 45.1 Å². The van der Waals surface area contributed by atoms with E-state index in [1.807, 2.05) is 4.72 Å². The number of rotatable bonds is 14. The molecule has 0 saturated heterocycles. The highest BCUT2D eigenvalue weighted by Gasteiger charge is 2.16. The van der Waals surface area contributed by atoms with Crippen molar-refractivity contribution in [3.63, 3.8) is 0 Å². The van der Waals surface area contributed by atoms with E-state index in [0.717, 1.165) is 29.7 Å². The zero-order chi connectivity index (χ0) is 24.9. The minimum absolute atomic E-state index is 0.0148. The van der Waals surface area contributed by atoms with Gasteiger partial charge in [0.2, 0.25) is 5.91 Å². The summed E-state index contributed by atoms with van der Waals surface area (Å²) in [6.45, 7) is 4.39. The van der Waals surface area contributed by atoms with Crippen molar-refractivity contribution in [1.82, 2.24) is 14.9 Å². The van der Waals surface area contributed by atoms with Crippen molar-refractivity contribution in [2.45, 2.75) is 46.1 Å². The van der Waals surface area contributed by atoms with Gasteiger partial charge in [-0.2, -0.15) is 13.1 Å². The second-order valence-electron chi connectivity index (χ2n) is 7.84. The number of methoxy groups -OCH3 is 1. The normalized spacial score (nSPS) is 11.6. The van der Waals surface area contributed by atoms with Crippen LogP contribution in [-0.4, -0.2) is 57.1 Å². The van der Waals surface area contributed by atoms with Gasteiger partial charge in [-0.15, -0.1) is 0 Å². The Balaban J connectivity index is 2.49. The molecule has 0 radical (unpaired) electrons. The Morgan fingerprint density at radius 3 is 2.58 bits per heavy atom. The first-order valence-corrected chi connectivity index (χ1v) is 12.2. The van der Waals surface area contributed by atoms with Crippen LogP contribution in [0.2, 0.25) is 0 Å². The quantitative estimate of drug-likeness (QED) is 0.209. The minimum Gasteiger partial charge on any atom is -0.493 e. The number of amides is 2. The number of carbonyl (C=O) groups is 2. The average molecular weight is 486 g/mol. The van der Waals surface area contributed by atoms with Gasteiger partial charge in [0.1, 0.15) is 0 Å². The third kappa shape index (κ3) is 12.9. The largest absolute Gasteiger partial charge is 0.493 e. The third-order valence-electron chi connectivity index (χ3n) is 4.50. The van der Waals surface area contributed by atoms with Crippen LogP contribution in [0.3, 0.4) is 0 Å². The van der Waals surface area contributed by atoms with Gasteiger partial charge in [-0.3, -0.25) is 9.35 Å². The van der Waals surface area contributed by atoms with Crippen LogP contribution in [0.15, 0.2) is 30.4 Å². The zero-order valence-electron chi connectivity index (χ0n) is 19.7. The molecule has 0 aromatic heterocycles. The average Bonchev–Trinajstić information content (AvgIpc) is 2.74. The van der Waals surface area contributed by atoms with Gasteiger partial charge in [-0.25, -0.2) is 4.79 Å². The molecule has 3 N–H and O–H groups in total. The number of allylic oxidation sites excluding steroid dienone is 2. The number of nitrogens with one attached hydrogen (secondary N) is 2. The van der Waals surface area contributed by atoms with Crippen molar-refractivity contribution < 1.29 is 32.0 Å². The van der Waals surface area contributed by atoms with E-state index in [-0.39, 0.29) is 24.7 Å². The van der Waals surface area contributed by atoms with Gasteiger partial charge >= 0.3 is 16.4 Å². The van der Waals surface area contributed by atoms with Crippen LogP contribution in [0.25, 0.3) is 0 Å². The Bertz CT molecular complexity index is 901. The fraction of sp³-hybridized carbons (Fsp3) is 0.545. The van der Waals surface area contributed by atoms with E-state index in [2.05, 4.69) is 31.3 Å². The van der Waals surface area contributed by atoms with Crippen molar-refractivity contribution in [3.05, 3.63) is 35.9 Å². The Morgan fingerprint density at radius 1 is 1.21 bits per heavy atom. The highest BCUT2D eigenvalue weighted by molar-refractivity contribution is 7.83. The fourth-order valence-corrected chi connectivity index (χ4v) is 3.07. The van der Waals surface area contributed by atoms with E-state index in [9.17, 15) is 18.0 Å². The number of carbonyl (C=O) groups excluding carboxylic acids is 2. The summed E-state index contributed by atoms with van der Waals surface area (Å²) in [7, 11) is -1.47. The van der Waals surface area contributed by atoms with Crippen LogP contribution < -0.4 is 19.5 Å². The predicted octanol–water partition coefficient (Wildman–Crippen LogP) is 2.91. The maximum absolute atomic E-state index is 12.2. The van der Waals surface area contributed by atoms with Crippen LogP contribution in [0, 0.1) is 5.92 Å². The summed E-state index contributed by atoms with van der Waals surface area (Å²) in [4.78, 5) is 25.4. The van der Waals surface area contributed by atoms with Crippen LogP contribution >= 0.6 is 0 Å². The number of unbranched alkanes of at least 4 members (excludes halogenated alkanes) is 2. The molecule has 0 spiro atoms. The summed E-state index contributed by atoms with van der Waals surface area (Å²) >= 11 is 0. The van der Waals surface area contributed by atoms with E-state index in [4.69, 9.17) is 14.0 Å². The fourth-order valence-electron chi connectivity index (χ4n) is 2.72. The van der Waals surface area contributed by atoms with Crippen molar-refractivity contribution in [2.75, 3.05) is 27.2 Å². The number of hydrogen-bond acceptors (Lipinski definition) is 6. The second-order valence-corrected chi connectivity index (χ2v) is 9.08. The predicted molar refractivity (Wildman–Crippen MR) is 125 cm³/mol. The van der Waals surface area contributed by atoms with Crippen molar-refractivity contribution in [3.8, 4) is 11.5 Å². The molecule has 0 aliphatic heterocycles. The minimum atomic E-state index is -4.33. The zero-order valence-corrected chi connectivity index (χ0v) is 20.5. The Hall–Kier alpha value is -2.63. The molecule has 0 unspecified atom stereocenters. The Morgan fingerprint density at radius 2 is 1.94 bits per heavy atom. The summed E-state index contributed by atoms with van der Waals surface area (Å²) in [5.74, 6) is 1.01.